The molecular formula is C20H25N6O9P. The monoisotopic (exact) mass is 524 g/mol. The minimum absolute atomic E-state index is 0.162. The van der Waals surface area contributed by atoms with E-state index in [-0.39, 0.29) is 5.75 Å². The number of aliphatic hydroxyl groups excluding tert-OH is 1. The summed E-state index contributed by atoms with van der Waals surface area (Å²) < 4.78 is 35.9. The second-order valence-corrected chi connectivity index (χ2v) is 9.67. The number of aromatic nitrogens is 2. The van der Waals surface area contributed by atoms with Crippen molar-refractivity contribution in [2.24, 2.45) is 5.11 Å². The molecule has 16 heteroatoms. The first kappa shape index (κ1) is 27.1. The molecule has 6 atom stereocenters. The lowest BCUT2D eigenvalue weighted by Gasteiger charge is -2.28. The Morgan fingerprint density at radius 2 is 2.08 bits per heavy atom. The zero-order valence-corrected chi connectivity index (χ0v) is 20.4. The first-order valence-corrected chi connectivity index (χ1v) is 12.1. The zero-order chi connectivity index (χ0) is 26.5. The summed E-state index contributed by atoms with van der Waals surface area (Å²) in [6, 6.07) is 7.95. The van der Waals surface area contributed by atoms with Gasteiger partial charge in [0.2, 0.25) is 0 Å². The van der Waals surface area contributed by atoms with Crippen molar-refractivity contribution < 1.29 is 33.0 Å². The molecule has 0 bridgehead atoms. The number of benzene rings is 1. The first-order valence-electron chi connectivity index (χ1n) is 10.6. The quantitative estimate of drug-likeness (QED) is 0.133. The molecule has 1 aromatic carbocycles. The van der Waals surface area contributed by atoms with Crippen LogP contribution in [0, 0.1) is 0 Å². The Hall–Kier alpha value is -3.45. The predicted octanol–water partition coefficient (Wildman–Crippen LogP) is 1.22. The third-order valence-electron chi connectivity index (χ3n) is 5.40. The number of hydrogen-bond acceptors (Lipinski definition) is 10. The standard InChI is InChI=1S/C20H25N6O9P/c1-12(17(29)32-3)23-36(31,35-13-7-5-4-6-8-13)33-11-14-16(28)20(2,24-25-21)18(34-14)26-10-9-15(27)22-19(26)30/h4-10,12,14,16,18,28H,11H2,1-3H3,(H,23,31)(H,22,27,30)/t12-,14+,16+,18+,20+,36+/m0/s1. The van der Waals surface area contributed by atoms with Gasteiger partial charge in [0.25, 0.3) is 5.56 Å². The van der Waals surface area contributed by atoms with E-state index in [2.05, 4.69) is 24.8 Å². The molecule has 0 radical (unpaired) electrons. The molecule has 36 heavy (non-hydrogen) atoms. The minimum Gasteiger partial charge on any atom is -0.468 e. The molecule has 194 valence electrons. The summed E-state index contributed by atoms with van der Waals surface area (Å²) in [6.07, 6.45) is -3.04. The summed E-state index contributed by atoms with van der Waals surface area (Å²) >= 11 is 0. The Morgan fingerprint density at radius 1 is 1.39 bits per heavy atom. The number of H-pyrrole nitrogens is 1. The van der Waals surface area contributed by atoms with Gasteiger partial charge in [-0.25, -0.2) is 9.36 Å². The fourth-order valence-corrected chi connectivity index (χ4v) is 5.05. The number of nitrogens with zero attached hydrogens (tertiary/aromatic N) is 4. The Kier molecular flexibility index (Phi) is 8.35. The average Bonchev–Trinajstić information content (AvgIpc) is 3.08. The topological polar surface area (TPSA) is 207 Å². The third-order valence-corrected chi connectivity index (χ3v) is 7.05. The molecule has 1 saturated heterocycles. The summed E-state index contributed by atoms with van der Waals surface area (Å²) in [7, 11) is -3.11. The molecule has 1 aromatic heterocycles. The van der Waals surface area contributed by atoms with Crippen LogP contribution in [0.5, 0.6) is 5.75 Å². The van der Waals surface area contributed by atoms with E-state index in [0.29, 0.717) is 0 Å². The van der Waals surface area contributed by atoms with Crippen molar-refractivity contribution in [3.63, 3.8) is 0 Å². The molecule has 0 spiro atoms. The molecule has 15 nitrogen and oxygen atoms in total. The predicted molar refractivity (Wildman–Crippen MR) is 124 cm³/mol. The van der Waals surface area contributed by atoms with Crippen LogP contribution >= 0.6 is 7.75 Å². The van der Waals surface area contributed by atoms with Gasteiger partial charge in [0.1, 0.15) is 23.4 Å². The summed E-state index contributed by atoms with van der Waals surface area (Å²) in [5, 5.41) is 17.0. The van der Waals surface area contributed by atoms with Crippen LogP contribution in [0.1, 0.15) is 20.1 Å². The molecule has 0 aliphatic carbocycles. The highest BCUT2D eigenvalue weighted by Gasteiger charge is 2.54. The molecule has 1 aliphatic rings. The van der Waals surface area contributed by atoms with Gasteiger partial charge in [-0.3, -0.25) is 23.7 Å². The maximum atomic E-state index is 13.5. The second kappa shape index (κ2) is 11.1. The van der Waals surface area contributed by atoms with E-state index in [9.17, 15) is 24.1 Å². The highest BCUT2D eigenvalue weighted by atomic mass is 31.2. The maximum Gasteiger partial charge on any atom is 0.459 e. The van der Waals surface area contributed by atoms with Gasteiger partial charge in [-0.05, 0) is 31.5 Å². The van der Waals surface area contributed by atoms with Crippen molar-refractivity contribution in [1.29, 1.82) is 0 Å². The van der Waals surface area contributed by atoms with E-state index in [1.807, 2.05) is 0 Å². The summed E-state index contributed by atoms with van der Waals surface area (Å²) in [5.74, 6) is -0.573. The lowest BCUT2D eigenvalue weighted by molar-refractivity contribution is -0.142. The number of aliphatic hydroxyl groups is 1. The number of aromatic amines is 1. The second-order valence-electron chi connectivity index (χ2n) is 7.98. The fourth-order valence-electron chi connectivity index (χ4n) is 3.54. The van der Waals surface area contributed by atoms with Gasteiger partial charge in [-0.2, -0.15) is 5.09 Å². The number of carbonyl (C=O) groups is 1. The van der Waals surface area contributed by atoms with E-state index in [1.165, 1.54) is 26.0 Å². The highest BCUT2D eigenvalue weighted by molar-refractivity contribution is 7.52. The van der Waals surface area contributed by atoms with Crippen LogP contribution in [0.2, 0.25) is 0 Å². The molecule has 2 heterocycles. The van der Waals surface area contributed by atoms with Gasteiger partial charge in [0.05, 0.1) is 19.8 Å². The van der Waals surface area contributed by atoms with Crippen LogP contribution in [0.15, 0.2) is 57.3 Å². The van der Waals surface area contributed by atoms with Crippen molar-refractivity contribution in [2.45, 2.75) is 43.9 Å². The number of nitrogens with one attached hydrogen (secondary N) is 2. The van der Waals surface area contributed by atoms with E-state index < -0.39 is 61.6 Å². The Balaban J connectivity index is 1.88. The van der Waals surface area contributed by atoms with Gasteiger partial charge in [-0.1, -0.05) is 23.3 Å². The lowest BCUT2D eigenvalue weighted by Crippen LogP contribution is -2.45. The van der Waals surface area contributed by atoms with Crippen molar-refractivity contribution in [1.82, 2.24) is 14.6 Å². The molecule has 0 saturated carbocycles. The number of ether oxygens (including phenoxy) is 2. The average molecular weight is 524 g/mol. The van der Waals surface area contributed by atoms with E-state index in [4.69, 9.17) is 19.3 Å². The number of methoxy groups -OCH3 is 1. The number of hydrogen-bond donors (Lipinski definition) is 3. The van der Waals surface area contributed by atoms with Gasteiger partial charge in [-0.15, -0.1) is 0 Å². The molecule has 1 aliphatic heterocycles. The van der Waals surface area contributed by atoms with E-state index >= 15 is 0 Å². The van der Waals surface area contributed by atoms with Gasteiger partial charge < -0.3 is 19.1 Å². The van der Waals surface area contributed by atoms with Crippen molar-refractivity contribution in [3.8, 4) is 5.75 Å². The Bertz CT molecular complexity index is 1290. The summed E-state index contributed by atoms with van der Waals surface area (Å²) in [5.41, 5.74) is 5.82. The minimum atomic E-state index is -4.27. The Labute approximate surface area is 204 Å². The molecule has 3 N–H and O–H groups in total. The summed E-state index contributed by atoms with van der Waals surface area (Å²) in [6.45, 7) is 2.16. The van der Waals surface area contributed by atoms with Crippen LogP contribution in [0.3, 0.4) is 0 Å². The number of rotatable bonds is 10. The normalized spacial score (nSPS) is 25.8. The smallest absolute Gasteiger partial charge is 0.459 e. The first-order chi connectivity index (χ1) is 17.0. The van der Waals surface area contributed by atoms with Crippen LogP contribution < -0.4 is 20.9 Å². The fraction of sp³-hybridized carbons (Fsp3) is 0.450. The third kappa shape index (κ3) is 5.85. The SMILES string of the molecule is COC(=O)[C@H](C)N[P@@](=O)(OC[C@H]1O[C@@H](n2ccc(=O)[nH]c2=O)[C@](C)(N=[N+]=[N-])[C@@H]1O)Oc1ccccc1. The highest BCUT2D eigenvalue weighted by Crippen LogP contribution is 2.47. The molecule has 0 amide bonds. The molecular weight excluding hydrogens is 499 g/mol. The van der Waals surface area contributed by atoms with E-state index in [1.54, 1.807) is 18.2 Å². The lowest BCUT2D eigenvalue weighted by atomic mass is 9.93. The number of azide groups is 1. The van der Waals surface area contributed by atoms with Crippen molar-refractivity contribution in [2.75, 3.05) is 13.7 Å². The van der Waals surface area contributed by atoms with Gasteiger partial charge in [0, 0.05) is 17.2 Å². The molecule has 2 aromatic rings. The van der Waals surface area contributed by atoms with Crippen molar-refractivity contribution in [3.05, 3.63) is 73.9 Å². The maximum absolute atomic E-state index is 13.5. The van der Waals surface area contributed by atoms with Gasteiger partial charge in [0.15, 0.2) is 6.23 Å². The molecule has 3 rings (SSSR count). The van der Waals surface area contributed by atoms with Crippen LogP contribution in [-0.4, -0.2) is 58.1 Å². The zero-order valence-electron chi connectivity index (χ0n) is 19.5. The van der Waals surface area contributed by atoms with Gasteiger partial charge >= 0.3 is 19.4 Å². The van der Waals surface area contributed by atoms with Crippen molar-refractivity contribution >= 4 is 13.7 Å². The Morgan fingerprint density at radius 3 is 2.69 bits per heavy atom. The van der Waals surface area contributed by atoms with Crippen LogP contribution in [0.25, 0.3) is 10.4 Å². The number of para-hydroxylation sites is 1. The molecule has 1 fully saturated rings. The number of carbonyl (C=O) groups excluding carboxylic acids is 1. The van der Waals surface area contributed by atoms with Crippen LogP contribution in [0.4, 0.5) is 0 Å². The van der Waals surface area contributed by atoms with Crippen LogP contribution in [-0.2, 0) is 23.4 Å². The molecule has 0 unspecified atom stereocenters. The number of esters is 1. The van der Waals surface area contributed by atoms with E-state index in [0.717, 1.165) is 23.9 Å². The summed E-state index contributed by atoms with van der Waals surface area (Å²) in [4.78, 5) is 40.5. The largest absolute Gasteiger partial charge is 0.468 e.